The van der Waals surface area contributed by atoms with Gasteiger partial charge in [0.05, 0.1) is 5.60 Å². The third-order valence-corrected chi connectivity index (χ3v) is 2.07. The molecular weight excluding hydrogens is 264 g/mol. The van der Waals surface area contributed by atoms with E-state index in [9.17, 15) is 0 Å². The molecule has 1 aliphatic heterocycles. The normalized spacial score (nSPS) is 17.9. The minimum Gasteiger partial charge on any atom is -0.550 e. The topological polar surface area (TPSA) is 123 Å². The zero-order valence-electron chi connectivity index (χ0n) is 13.1. The monoisotopic (exact) mass is 292 g/mol. The average molecular weight is 292 g/mol. The lowest BCUT2D eigenvalue weighted by atomic mass is 10.2. The summed E-state index contributed by atoms with van der Waals surface area (Å²) < 4.78 is 5.72. The number of hydrogen-bond donors (Lipinski definition) is 2. The smallest absolute Gasteiger partial charge is 0.159 e. The Labute approximate surface area is 120 Å². The van der Waals surface area contributed by atoms with Crippen LogP contribution in [-0.2, 0) is 14.3 Å². The summed E-state index contributed by atoms with van der Waals surface area (Å²) >= 11 is 0. The lowest BCUT2D eigenvalue weighted by Crippen LogP contribution is -3.08. The number of carbonyl (C=O) groups is 2. The second kappa shape index (κ2) is 11.6. The van der Waals surface area contributed by atoms with Crippen LogP contribution in [0.15, 0.2) is 0 Å². The summed E-state index contributed by atoms with van der Waals surface area (Å²) in [7, 11) is 0. The zero-order chi connectivity index (χ0) is 16.2. The maximum absolute atomic E-state index is 8.89. The van der Waals surface area contributed by atoms with Crippen LogP contribution in [0.4, 0.5) is 0 Å². The second-order valence-corrected chi connectivity index (χ2v) is 5.50. The summed E-state index contributed by atoms with van der Waals surface area (Å²) in [6.07, 6.45) is 0. The van der Waals surface area contributed by atoms with Gasteiger partial charge in [-0.25, -0.2) is 0 Å². The molecule has 1 atom stereocenters. The summed E-state index contributed by atoms with van der Waals surface area (Å²) in [5.74, 6) is -2.17. The molecule has 1 saturated heterocycles. The number of nitrogens with two attached hydrogens (primary N) is 2. The summed E-state index contributed by atoms with van der Waals surface area (Å²) in [6, 6.07) is 0.665. The van der Waals surface area contributed by atoms with Crippen LogP contribution < -0.4 is 20.8 Å². The highest BCUT2D eigenvalue weighted by Gasteiger charge is 2.21. The molecule has 0 aromatic carbocycles. The fourth-order valence-electron chi connectivity index (χ4n) is 1.37. The molecule has 7 nitrogen and oxygen atoms in total. The maximum atomic E-state index is 8.89. The van der Waals surface area contributed by atoms with Gasteiger partial charge in [0, 0.05) is 11.9 Å². The van der Waals surface area contributed by atoms with Crippen molar-refractivity contribution in [1.29, 1.82) is 0 Å². The minimum absolute atomic E-state index is 0.0191. The summed E-state index contributed by atoms with van der Waals surface area (Å²) in [5.41, 5.74) is 0.0191. The van der Waals surface area contributed by atoms with Crippen LogP contribution in [0, 0.1) is 0 Å². The number of quaternary nitrogens is 2. The summed E-state index contributed by atoms with van der Waals surface area (Å²) in [6.45, 7) is 12.9. The maximum Gasteiger partial charge on any atom is 0.159 e. The van der Waals surface area contributed by atoms with Gasteiger partial charge in [0.1, 0.15) is 26.2 Å². The number of aliphatic carboxylic acids is 2. The van der Waals surface area contributed by atoms with E-state index in [1.165, 1.54) is 19.6 Å². The third-order valence-electron chi connectivity index (χ3n) is 2.07. The van der Waals surface area contributed by atoms with Crippen molar-refractivity contribution in [3.8, 4) is 0 Å². The fourth-order valence-corrected chi connectivity index (χ4v) is 1.37. The third kappa shape index (κ3) is 25.6. The summed E-state index contributed by atoms with van der Waals surface area (Å²) in [5, 5.41) is 22.5. The first-order valence-corrected chi connectivity index (χ1v) is 6.68. The number of hydrogen-bond acceptors (Lipinski definition) is 5. The molecule has 0 saturated carbocycles. The Bertz CT molecular complexity index is 250. The van der Waals surface area contributed by atoms with Crippen molar-refractivity contribution in [2.75, 3.05) is 26.2 Å². The van der Waals surface area contributed by atoms with Crippen molar-refractivity contribution >= 4 is 11.9 Å². The molecule has 7 heteroatoms. The first kappa shape index (κ1) is 21.1. The molecule has 0 spiro atoms. The highest BCUT2D eigenvalue weighted by Crippen LogP contribution is 2.05. The molecule has 4 N–H and O–H groups in total. The Balaban J connectivity index is 0. The van der Waals surface area contributed by atoms with Gasteiger partial charge in [0.25, 0.3) is 0 Å². The average Bonchev–Trinajstić information content (AvgIpc) is 2.25. The molecule has 1 fully saturated rings. The molecule has 0 radical (unpaired) electrons. The lowest BCUT2D eigenvalue weighted by molar-refractivity contribution is -0.811. The van der Waals surface area contributed by atoms with Crippen LogP contribution >= 0.6 is 0 Å². The number of rotatable bonds is 2. The quantitative estimate of drug-likeness (QED) is 0.534. The van der Waals surface area contributed by atoms with Crippen molar-refractivity contribution in [3.05, 3.63) is 0 Å². The molecule has 20 heavy (non-hydrogen) atoms. The largest absolute Gasteiger partial charge is 0.550 e. The second-order valence-electron chi connectivity index (χ2n) is 5.50. The molecule has 0 bridgehead atoms. The van der Waals surface area contributed by atoms with E-state index in [-0.39, 0.29) is 5.60 Å². The van der Waals surface area contributed by atoms with Crippen LogP contribution in [-0.4, -0.2) is 49.8 Å². The predicted molar refractivity (Wildman–Crippen MR) is 69.3 cm³/mol. The lowest BCUT2D eigenvalue weighted by Gasteiger charge is -2.24. The van der Waals surface area contributed by atoms with Gasteiger partial charge in [-0.1, -0.05) is 0 Å². The number of carboxylic acids is 2. The molecule has 1 aliphatic rings. The Kier molecular flexibility index (Phi) is 12.3. The number of piperazine rings is 1. The Hall–Kier alpha value is -1.18. The molecule has 0 aromatic heterocycles. The Morgan fingerprint density at radius 2 is 1.60 bits per heavy atom. The van der Waals surface area contributed by atoms with Crippen LogP contribution in [0.2, 0.25) is 0 Å². The van der Waals surface area contributed by atoms with Gasteiger partial charge >= 0.3 is 0 Å². The molecule has 1 heterocycles. The van der Waals surface area contributed by atoms with E-state index in [0.717, 1.165) is 20.5 Å². The summed E-state index contributed by atoms with van der Waals surface area (Å²) in [4.78, 5) is 17.8. The number of carbonyl (C=O) groups excluding carboxylic acids is 2. The molecule has 1 unspecified atom stereocenters. The first-order valence-electron chi connectivity index (χ1n) is 6.68. The van der Waals surface area contributed by atoms with Gasteiger partial charge in [-0.2, -0.15) is 0 Å². The van der Waals surface area contributed by atoms with Crippen molar-refractivity contribution in [2.24, 2.45) is 0 Å². The minimum atomic E-state index is -1.08. The van der Waals surface area contributed by atoms with Gasteiger partial charge in [0.2, 0.25) is 0 Å². The Morgan fingerprint density at radius 3 is 1.90 bits per heavy atom. The molecule has 0 aromatic rings. The van der Waals surface area contributed by atoms with E-state index in [4.69, 9.17) is 24.5 Å². The first-order chi connectivity index (χ1) is 9.04. The van der Waals surface area contributed by atoms with Crippen molar-refractivity contribution in [1.82, 2.24) is 0 Å². The SMILES string of the molecule is CC(=O)[O-].CC(=O)[O-].CC(C)(C)OCC1C[NH2+]CC[NH2+]1. The van der Waals surface area contributed by atoms with Crippen molar-refractivity contribution < 1.29 is 35.2 Å². The number of ether oxygens (including phenoxy) is 1. The van der Waals surface area contributed by atoms with Gasteiger partial charge < -0.3 is 35.2 Å². The molecule has 0 amide bonds. The van der Waals surface area contributed by atoms with Crippen molar-refractivity contribution in [2.45, 2.75) is 46.3 Å². The van der Waals surface area contributed by atoms with Crippen LogP contribution in [0.25, 0.3) is 0 Å². The molecule has 120 valence electrons. The number of carboxylic acid groups (broad SMARTS) is 2. The highest BCUT2D eigenvalue weighted by atomic mass is 16.5. The zero-order valence-corrected chi connectivity index (χ0v) is 13.1. The fraction of sp³-hybridized carbons (Fsp3) is 0.846. The van der Waals surface area contributed by atoms with E-state index in [1.807, 2.05) is 0 Å². The van der Waals surface area contributed by atoms with Gasteiger partial charge in [-0.3, -0.25) is 0 Å². The van der Waals surface area contributed by atoms with E-state index >= 15 is 0 Å². The van der Waals surface area contributed by atoms with Gasteiger partial charge in [-0.05, 0) is 34.6 Å². The molecule has 0 aliphatic carbocycles. The van der Waals surface area contributed by atoms with Crippen molar-refractivity contribution in [3.63, 3.8) is 0 Å². The van der Waals surface area contributed by atoms with Crippen LogP contribution in [0.3, 0.4) is 0 Å². The van der Waals surface area contributed by atoms with E-state index in [1.54, 1.807) is 0 Å². The van der Waals surface area contributed by atoms with Gasteiger partial charge in [0.15, 0.2) is 6.04 Å². The van der Waals surface area contributed by atoms with E-state index in [2.05, 4.69) is 31.4 Å². The predicted octanol–water partition coefficient (Wildman–Crippen LogP) is -4.18. The van der Waals surface area contributed by atoms with Crippen LogP contribution in [0.1, 0.15) is 34.6 Å². The highest BCUT2D eigenvalue weighted by molar-refractivity contribution is 5.60. The standard InChI is InChI=1S/C9H20N2O.2C2H4O2/c1-9(2,3)12-7-8-6-10-4-5-11-8;2*1-2(3)4/h8,10-11H,4-7H2,1-3H3;2*1H3,(H,3,4). The Morgan fingerprint density at radius 1 is 1.15 bits per heavy atom. The van der Waals surface area contributed by atoms with E-state index < -0.39 is 11.9 Å². The van der Waals surface area contributed by atoms with Crippen LogP contribution in [0.5, 0.6) is 0 Å². The van der Waals surface area contributed by atoms with Gasteiger partial charge in [-0.15, -0.1) is 0 Å². The molecular formula is C13H28N2O5. The molecule has 1 rings (SSSR count). The van der Waals surface area contributed by atoms with E-state index in [0.29, 0.717) is 6.04 Å².